The molecule has 0 aliphatic carbocycles. The third-order valence-corrected chi connectivity index (χ3v) is 4.33. The molecule has 1 atom stereocenters. The molecule has 1 unspecified atom stereocenters. The molecule has 1 amide bonds. The van der Waals surface area contributed by atoms with Crippen molar-refractivity contribution in [2.24, 2.45) is 0 Å². The number of benzene rings is 1. The standard InChI is InChI=1S/C18H17NO4/c20-18(4-1-13-6-8-21-11-13)19-7-5-15(10-19)14-2-3-16-17(9-14)23-12-22-16/h1-4,6,8-9,11,15H,5,7,10,12H2/b4-1+. The van der Waals surface area contributed by atoms with E-state index in [0.717, 1.165) is 36.6 Å². The average Bonchev–Trinajstić information content (AvgIpc) is 3.32. The van der Waals surface area contributed by atoms with Crippen molar-refractivity contribution in [3.05, 3.63) is 54.0 Å². The summed E-state index contributed by atoms with van der Waals surface area (Å²) in [4.78, 5) is 14.1. The number of carbonyl (C=O) groups excluding carboxylic acids is 1. The van der Waals surface area contributed by atoms with Crippen molar-refractivity contribution in [3.63, 3.8) is 0 Å². The van der Waals surface area contributed by atoms with Crippen molar-refractivity contribution >= 4 is 12.0 Å². The number of amides is 1. The molecule has 2 aliphatic heterocycles. The molecule has 5 nitrogen and oxygen atoms in total. The van der Waals surface area contributed by atoms with Gasteiger partial charge in [-0.05, 0) is 36.3 Å². The molecular weight excluding hydrogens is 294 g/mol. The highest BCUT2D eigenvalue weighted by molar-refractivity contribution is 5.92. The van der Waals surface area contributed by atoms with E-state index in [1.165, 1.54) is 5.56 Å². The minimum Gasteiger partial charge on any atom is -0.472 e. The molecule has 2 aromatic rings. The third-order valence-electron chi connectivity index (χ3n) is 4.33. The van der Waals surface area contributed by atoms with Crippen LogP contribution in [0.25, 0.3) is 6.08 Å². The highest BCUT2D eigenvalue weighted by Gasteiger charge is 2.27. The van der Waals surface area contributed by atoms with Crippen LogP contribution in [-0.4, -0.2) is 30.7 Å². The van der Waals surface area contributed by atoms with Gasteiger partial charge in [0, 0.05) is 30.6 Å². The summed E-state index contributed by atoms with van der Waals surface area (Å²) in [6.07, 6.45) is 7.55. The molecule has 2 aliphatic rings. The predicted octanol–water partition coefficient (Wildman–Crippen LogP) is 3.04. The SMILES string of the molecule is O=C(/C=C/c1ccoc1)N1CCC(c2ccc3c(c2)OCO3)C1. The average molecular weight is 311 g/mol. The first-order valence-electron chi connectivity index (χ1n) is 7.68. The maximum Gasteiger partial charge on any atom is 0.246 e. The summed E-state index contributed by atoms with van der Waals surface area (Å²) in [5.74, 6) is 1.97. The molecule has 0 spiro atoms. The Bertz CT molecular complexity index is 735. The lowest BCUT2D eigenvalue weighted by atomic mass is 9.98. The van der Waals surface area contributed by atoms with Gasteiger partial charge in [-0.15, -0.1) is 0 Å². The molecule has 118 valence electrons. The van der Waals surface area contributed by atoms with E-state index in [1.807, 2.05) is 23.1 Å². The van der Waals surface area contributed by atoms with Crippen LogP contribution in [0.1, 0.15) is 23.5 Å². The molecule has 1 aromatic heterocycles. The van der Waals surface area contributed by atoms with Gasteiger partial charge in [-0.3, -0.25) is 4.79 Å². The van der Waals surface area contributed by atoms with Gasteiger partial charge in [-0.1, -0.05) is 6.07 Å². The zero-order chi connectivity index (χ0) is 15.6. The maximum absolute atomic E-state index is 12.3. The highest BCUT2D eigenvalue weighted by Crippen LogP contribution is 2.37. The maximum atomic E-state index is 12.3. The first-order chi connectivity index (χ1) is 11.3. The summed E-state index contributed by atoms with van der Waals surface area (Å²) in [7, 11) is 0. The molecule has 1 fully saturated rings. The van der Waals surface area contributed by atoms with Gasteiger partial charge >= 0.3 is 0 Å². The Kier molecular flexibility index (Phi) is 3.54. The number of hydrogen-bond donors (Lipinski definition) is 0. The molecule has 1 aromatic carbocycles. The molecule has 4 rings (SSSR count). The van der Waals surface area contributed by atoms with E-state index in [1.54, 1.807) is 24.7 Å². The van der Waals surface area contributed by atoms with Gasteiger partial charge in [0.2, 0.25) is 12.7 Å². The van der Waals surface area contributed by atoms with Crippen LogP contribution in [0.15, 0.2) is 47.3 Å². The van der Waals surface area contributed by atoms with Gasteiger partial charge in [-0.25, -0.2) is 0 Å². The predicted molar refractivity (Wildman–Crippen MR) is 84.2 cm³/mol. The van der Waals surface area contributed by atoms with E-state index in [-0.39, 0.29) is 12.7 Å². The highest BCUT2D eigenvalue weighted by atomic mass is 16.7. The van der Waals surface area contributed by atoms with Gasteiger partial charge < -0.3 is 18.8 Å². The lowest BCUT2D eigenvalue weighted by Gasteiger charge is -2.15. The second-order valence-electron chi connectivity index (χ2n) is 5.77. The fourth-order valence-corrected chi connectivity index (χ4v) is 3.04. The number of fused-ring (bicyclic) bond motifs is 1. The van der Waals surface area contributed by atoms with Crippen molar-refractivity contribution in [2.75, 3.05) is 19.9 Å². The van der Waals surface area contributed by atoms with Gasteiger partial charge in [0.05, 0.1) is 12.5 Å². The largest absolute Gasteiger partial charge is 0.472 e. The molecule has 3 heterocycles. The zero-order valence-electron chi connectivity index (χ0n) is 12.6. The molecule has 23 heavy (non-hydrogen) atoms. The van der Waals surface area contributed by atoms with E-state index < -0.39 is 0 Å². The summed E-state index contributed by atoms with van der Waals surface area (Å²) >= 11 is 0. The van der Waals surface area contributed by atoms with Gasteiger partial charge in [-0.2, -0.15) is 0 Å². The molecular formula is C18H17NO4. The van der Waals surface area contributed by atoms with Crippen LogP contribution in [0.4, 0.5) is 0 Å². The summed E-state index contributed by atoms with van der Waals surface area (Å²) in [5, 5.41) is 0. The molecule has 0 saturated carbocycles. The monoisotopic (exact) mass is 311 g/mol. The lowest BCUT2D eigenvalue weighted by Crippen LogP contribution is -2.26. The normalized spacial score (nSPS) is 19.7. The second kappa shape index (κ2) is 5.83. The lowest BCUT2D eigenvalue weighted by molar-refractivity contribution is -0.124. The smallest absolute Gasteiger partial charge is 0.246 e. The Morgan fingerprint density at radius 3 is 3.00 bits per heavy atom. The zero-order valence-corrected chi connectivity index (χ0v) is 12.6. The molecule has 0 N–H and O–H groups in total. The molecule has 1 saturated heterocycles. The number of nitrogens with zero attached hydrogens (tertiary/aromatic N) is 1. The van der Waals surface area contributed by atoms with Crippen LogP contribution in [0, 0.1) is 0 Å². The molecule has 0 radical (unpaired) electrons. The summed E-state index contributed by atoms with van der Waals surface area (Å²) in [5.41, 5.74) is 2.09. The first kappa shape index (κ1) is 13.9. The van der Waals surface area contributed by atoms with Crippen molar-refractivity contribution in [1.82, 2.24) is 4.90 Å². The number of rotatable bonds is 3. The Labute approximate surface area is 134 Å². The van der Waals surface area contributed by atoms with Crippen LogP contribution in [0.5, 0.6) is 11.5 Å². The van der Waals surface area contributed by atoms with Crippen LogP contribution in [0.3, 0.4) is 0 Å². The first-order valence-corrected chi connectivity index (χ1v) is 7.68. The summed E-state index contributed by atoms with van der Waals surface area (Å²) in [6.45, 7) is 1.79. The van der Waals surface area contributed by atoms with Crippen LogP contribution >= 0.6 is 0 Å². The van der Waals surface area contributed by atoms with Crippen LogP contribution in [0.2, 0.25) is 0 Å². The third kappa shape index (κ3) is 2.82. The van der Waals surface area contributed by atoms with Crippen LogP contribution < -0.4 is 9.47 Å². The fourth-order valence-electron chi connectivity index (χ4n) is 3.04. The van der Waals surface area contributed by atoms with Crippen molar-refractivity contribution in [3.8, 4) is 11.5 Å². The van der Waals surface area contributed by atoms with E-state index in [0.29, 0.717) is 5.92 Å². The topological polar surface area (TPSA) is 51.9 Å². The quantitative estimate of drug-likeness (QED) is 0.818. The summed E-state index contributed by atoms with van der Waals surface area (Å²) < 4.78 is 15.8. The number of ether oxygens (including phenoxy) is 2. The van der Waals surface area contributed by atoms with Crippen molar-refractivity contribution < 1.29 is 18.7 Å². The van der Waals surface area contributed by atoms with Crippen LogP contribution in [-0.2, 0) is 4.79 Å². The van der Waals surface area contributed by atoms with E-state index in [9.17, 15) is 4.79 Å². The Balaban J connectivity index is 1.41. The number of carbonyl (C=O) groups is 1. The van der Waals surface area contributed by atoms with E-state index >= 15 is 0 Å². The Hall–Kier alpha value is -2.69. The minimum absolute atomic E-state index is 0.0365. The second-order valence-corrected chi connectivity index (χ2v) is 5.77. The van der Waals surface area contributed by atoms with Gasteiger partial charge in [0.1, 0.15) is 0 Å². The molecule has 5 heteroatoms. The van der Waals surface area contributed by atoms with Crippen molar-refractivity contribution in [1.29, 1.82) is 0 Å². The van der Waals surface area contributed by atoms with Gasteiger partial charge in [0.25, 0.3) is 0 Å². The van der Waals surface area contributed by atoms with Crippen molar-refractivity contribution in [2.45, 2.75) is 12.3 Å². The number of likely N-dealkylation sites (tertiary alicyclic amines) is 1. The Morgan fingerprint density at radius 1 is 1.22 bits per heavy atom. The van der Waals surface area contributed by atoms with E-state index in [2.05, 4.69) is 6.07 Å². The number of hydrogen-bond acceptors (Lipinski definition) is 4. The molecule has 0 bridgehead atoms. The van der Waals surface area contributed by atoms with Gasteiger partial charge in [0.15, 0.2) is 11.5 Å². The Morgan fingerprint density at radius 2 is 2.13 bits per heavy atom. The fraction of sp³-hybridized carbons (Fsp3) is 0.278. The summed E-state index contributed by atoms with van der Waals surface area (Å²) in [6, 6.07) is 7.86. The minimum atomic E-state index is 0.0365. The van der Waals surface area contributed by atoms with E-state index in [4.69, 9.17) is 13.9 Å². The number of furan rings is 1.